The Morgan fingerprint density at radius 2 is 1.43 bits per heavy atom. The third kappa shape index (κ3) is 8.07. The van der Waals surface area contributed by atoms with Crippen molar-refractivity contribution in [3.63, 3.8) is 0 Å². The van der Waals surface area contributed by atoms with Gasteiger partial charge >= 0.3 is 0 Å². The molecule has 0 unspecified atom stereocenters. The molecule has 4 rings (SSSR count). The van der Waals surface area contributed by atoms with E-state index in [2.05, 4.69) is 5.32 Å². The van der Waals surface area contributed by atoms with Crippen LogP contribution in [0.2, 0.25) is 5.02 Å². The van der Waals surface area contributed by atoms with Crippen LogP contribution in [0.15, 0.2) is 108 Å². The zero-order valence-electron chi connectivity index (χ0n) is 25.4. The molecule has 0 aromatic heterocycles. The van der Waals surface area contributed by atoms with Crippen molar-refractivity contribution >= 4 is 39.1 Å². The van der Waals surface area contributed by atoms with Gasteiger partial charge in [0.25, 0.3) is 10.0 Å². The van der Waals surface area contributed by atoms with E-state index in [-0.39, 0.29) is 29.8 Å². The molecule has 2 amide bonds. The first-order valence-electron chi connectivity index (χ1n) is 14.5. The van der Waals surface area contributed by atoms with E-state index in [4.69, 9.17) is 11.6 Å². The molecule has 0 radical (unpaired) electrons. The first-order chi connectivity index (χ1) is 21.0. The predicted molar refractivity (Wildman–Crippen MR) is 176 cm³/mol. The molecule has 0 fully saturated rings. The summed E-state index contributed by atoms with van der Waals surface area (Å²) in [5.41, 5.74) is 3.60. The highest BCUT2D eigenvalue weighted by atomic mass is 35.5. The maximum Gasteiger partial charge on any atom is 0.264 e. The maximum absolute atomic E-state index is 14.5. The van der Waals surface area contributed by atoms with Gasteiger partial charge in [-0.2, -0.15) is 0 Å². The second kappa shape index (κ2) is 14.6. The van der Waals surface area contributed by atoms with Crippen LogP contribution in [-0.2, 0) is 32.6 Å². The number of nitrogens with zero attached hydrogens (tertiary/aromatic N) is 2. The van der Waals surface area contributed by atoms with E-state index in [1.165, 1.54) is 17.0 Å². The normalized spacial score (nSPS) is 12.0. The first kappa shape index (κ1) is 32.8. The highest BCUT2D eigenvalue weighted by Gasteiger charge is 2.35. The lowest BCUT2D eigenvalue weighted by Gasteiger charge is -2.34. The summed E-state index contributed by atoms with van der Waals surface area (Å²) in [5, 5.41) is 3.45. The Hall–Kier alpha value is -4.14. The molecular weight excluding hydrogens is 594 g/mol. The maximum atomic E-state index is 14.5. The van der Waals surface area contributed by atoms with Gasteiger partial charge in [-0.15, -0.1) is 0 Å². The summed E-state index contributed by atoms with van der Waals surface area (Å²) >= 11 is 6.30. The number of anilines is 1. The summed E-state index contributed by atoms with van der Waals surface area (Å²) < 4.78 is 29.5. The van der Waals surface area contributed by atoms with Gasteiger partial charge in [0.15, 0.2) is 0 Å². The monoisotopic (exact) mass is 631 g/mol. The number of aryl methyl sites for hydroxylation is 1. The summed E-state index contributed by atoms with van der Waals surface area (Å²) in [7, 11) is -4.16. The Morgan fingerprint density at radius 1 is 0.818 bits per heavy atom. The van der Waals surface area contributed by atoms with Crippen molar-refractivity contribution < 1.29 is 18.0 Å². The molecular formula is C35H38ClN3O4S. The van der Waals surface area contributed by atoms with E-state index in [0.29, 0.717) is 16.3 Å². The van der Waals surface area contributed by atoms with Crippen LogP contribution in [0, 0.1) is 13.8 Å². The SMILES string of the molecule is Cc1cccc(N(CC(=O)N(Cc2cccc(Cl)c2)[C@@H](Cc2ccccc2)C(=O)NC(C)C)S(=O)(=O)c2ccccc2)c1C. The second-order valence-electron chi connectivity index (χ2n) is 11.1. The Morgan fingerprint density at radius 3 is 2.07 bits per heavy atom. The molecule has 0 heterocycles. The van der Waals surface area contributed by atoms with E-state index < -0.39 is 28.5 Å². The van der Waals surface area contributed by atoms with Gasteiger partial charge in [-0.1, -0.05) is 84.4 Å². The lowest BCUT2D eigenvalue weighted by atomic mass is 10.0. The van der Waals surface area contributed by atoms with E-state index in [0.717, 1.165) is 21.0 Å². The average Bonchev–Trinajstić information content (AvgIpc) is 2.99. The molecule has 44 heavy (non-hydrogen) atoms. The quantitative estimate of drug-likeness (QED) is 0.198. The third-order valence-corrected chi connectivity index (χ3v) is 9.41. The van der Waals surface area contributed by atoms with Crippen LogP contribution < -0.4 is 9.62 Å². The molecule has 1 N–H and O–H groups in total. The number of amides is 2. The lowest BCUT2D eigenvalue weighted by molar-refractivity contribution is -0.140. The summed E-state index contributed by atoms with van der Waals surface area (Å²) in [6.45, 7) is 6.98. The van der Waals surface area contributed by atoms with Gasteiger partial charge in [-0.05, 0) is 80.3 Å². The second-order valence-corrected chi connectivity index (χ2v) is 13.4. The minimum absolute atomic E-state index is 0.0500. The molecule has 0 saturated carbocycles. The molecule has 9 heteroatoms. The van der Waals surface area contributed by atoms with Gasteiger partial charge < -0.3 is 10.2 Å². The van der Waals surface area contributed by atoms with Crippen LogP contribution in [0.25, 0.3) is 0 Å². The van der Waals surface area contributed by atoms with Gasteiger partial charge in [-0.25, -0.2) is 8.42 Å². The number of rotatable bonds is 12. The van der Waals surface area contributed by atoms with E-state index in [9.17, 15) is 18.0 Å². The minimum Gasteiger partial charge on any atom is -0.352 e. The molecule has 0 spiro atoms. The Labute approximate surface area is 265 Å². The van der Waals surface area contributed by atoms with Gasteiger partial charge in [0.2, 0.25) is 11.8 Å². The number of benzene rings is 4. The fraction of sp³-hybridized carbons (Fsp3) is 0.257. The molecule has 1 atom stereocenters. The molecule has 0 aliphatic heterocycles. The fourth-order valence-corrected chi connectivity index (χ4v) is 6.71. The predicted octanol–water partition coefficient (Wildman–Crippen LogP) is 6.32. The van der Waals surface area contributed by atoms with Crippen LogP contribution in [0.5, 0.6) is 0 Å². The molecule has 7 nitrogen and oxygen atoms in total. The molecule has 230 valence electrons. The van der Waals surface area contributed by atoms with Crippen molar-refractivity contribution in [1.82, 2.24) is 10.2 Å². The number of halogens is 1. The summed E-state index contributed by atoms with van der Waals surface area (Å²) in [5.74, 6) is -0.853. The largest absolute Gasteiger partial charge is 0.352 e. The van der Waals surface area contributed by atoms with Crippen molar-refractivity contribution in [3.05, 3.63) is 130 Å². The number of carbonyl (C=O) groups is 2. The Balaban J connectivity index is 1.83. The molecule has 0 aliphatic carbocycles. The van der Waals surface area contributed by atoms with Crippen LogP contribution >= 0.6 is 11.6 Å². The number of carbonyl (C=O) groups excluding carboxylic acids is 2. The zero-order chi connectivity index (χ0) is 31.9. The average molecular weight is 632 g/mol. The highest BCUT2D eigenvalue weighted by molar-refractivity contribution is 7.92. The zero-order valence-corrected chi connectivity index (χ0v) is 27.0. The smallest absolute Gasteiger partial charge is 0.264 e. The summed E-state index contributed by atoms with van der Waals surface area (Å²) in [4.78, 5) is 29.8. The van der Waals surface area contributed by atoms with Crippen molar-refractivity contribution in [3.8, 4) is 0 Å². The van der Waals surface area contributed by atoms with Crippen LogP contribution in [0.3, 0.4) is 0 Å². The molecule has 4 aromatic rings. The van der Waals surface area contributed by atoms with Gasteiger partial charge in [0.1, 0.15) is 12.6 Å². The van der Waals surface area contributed by atoms with Crippen molar-refractivity contribution in [2.45, 2.75) is 57.6 Å². The Kier molecular flexibility index (Phi) is 10.8. The van der Waals surface area contributed by atoms with E-state index in [1.807, 2.05) is 70.2 Å². The summed E-state index contributed by atoms with van der Waals surface area (Å²) in [6, 6.07) is 28.9. The van der Waals surface area contributed by atoms with Gasteiger partial charge in [0, 0.05) is 24.0 Å². The fourth-order valence-electron chi connectivity index (χ4n) is 5.01. The van der Waals surface area contributed by atoms with Crippen LogP contribution in [0.1, 0.15) is 36.1 Å². The Bertz CT molecular complexity index is 1700. The molecule has 0 saturated heterocycles. The van der Waals surface area contributed by atoms with E-state index >= 15 is 0 Å². The van der Waals surface area contributed by atoms with Gasteiger partial charge in [0.05, 0.1) is 10.6 Å². The van der Waals surface area contributed by atoms with Crippen LogP contribution in [0.4, 0.5) is 5.69 Å². The first-order valence-corrected chi connectivity index (χ1v) is 16.3. The van der Waals surface area contributed by atoms with Crippen molar-refractivity contribution in [1.29, 1.82) is 0 Å². The van der Waals surface area contributed by atoms with Crippen LogP contribution in [-0.4, -0.2) is 43.8 Å². The topological polar surface area (TPSA) is 86.8 Å². The number of nitrogens with one attached hydrogen (secondary N) is 1. The minimum atomic E-state index is -4.16. The lowest BCUT2D eigenvalue weighted by Crippen LogP contribution is -2.54. The number of hydrogen-bond donors (Lipinski definition) is 1. The molecule has 0 bridgehead atoms. The van der Waals surface area contributed by atoms with Gasteiger partial charge in [-0.3, -0.25) is 13.9 Å². The number of sulfonamides is 1. The third-order valence-electron chi connectivity index (χ3n) is 7.40. The van der Waals surface area contributed by atoms with Crippen molar-refractivity contribution in [2.75, 3.05) is 10.8 Å². The molecule has 0 aliphatic rings. The summed E-state index contributed by atoms with van der Waals surface area (Å²) in [6.07, 6.45) is 0.237. The van der Waals surface area contributed by atoms with E-state index in [1.54, 1.807) is 48.5 Å². The number of hydrogen-bond acceptors (Lipinski definition) is 4. The standard InChI is InChI=1S/C35H38ClN3O4S/c1-25(2)37-35(41)33(22-28-14-7-5-8-15-28)38(23-29-16-12-17-30(36)21-29)34(40)24-39(32-20-11-13-26(3)27(32)4)44(42,43)31-18-9-6-10-19-31/h5-21,25,33H,22-24H2,1-4H3,(H,37,41)/t33-/m0/s1. The molecule has 4 aromatic carbocycles. The van der Waals surface area contributed by atoms with Crippen molar-refractivity contribution in [2.24, 2.45) is 0 Å². The highest BCUT2D eigenvalue weighted by Crippen LogP contribution is 2.29.